The minimum atomic E-state index is 0.717. The van der Waals surface area contributed by atoms with Crippen LogP contribution in [0.4, 0.5) is 0 Å². The molecular formula is C10H14BrN3. The van der Waals surface area contributed by atoms with Gasteiger partial charge in [-0.15, -0.1) is 0 Å². The van der Waals surface area contributed by atoms with Crippen molar-refractivity contribution in [2.24, 2.45) is 10.8 Å². The van der Waals surface area contributed by atoms with Crippen LogP contribution in [0.15, 0.2) is 27.7 Å². The SMILES string of the molecule is CCN=C(NN)c1ccc(Br)c(C)c1. The maximum atomic E-state index is 5.39. The highest BCUT2D eigenvalue weighted by atomic mass is 79.9. The largest absolute Gasteiger partial charge is 0.308 e. The van der Waals surface area contributed by atoms with Crippen LogP contribution < -0.4 is 11.3 Å². The number of nitrogens with two attached hydrogens (primary N) is 1. The van der Waals surface area contributed by atoms with Gasteiger partial charge in [0.2, 0.25) is 0 Å². The van der Waals surface area contributed by atoms with Crippen LogP contribution in [0.5, 0.6) is 0 Å². The number of halogens is 1. The first kappa shape index (κ1) is 11.2. The zero-order chi connectivity index (χ0) is 10.6. The van der Waals surface area contributed by atoms with Gasteiger partial charge in [-0.3, -0.25) is 4.99 Å². The summed E-state index contributed by atoms with van der Waals surface area (Å²) in [5.74, 6) is 6.11. The van der Waals surface area contributed by atoms with E-state index in [1.54, 1.807) is 0 Å². The van der Waals surface area contributed by atoms with E-state index < -0.39 is 0 Å². The van der Waals surface area contributed by atoms with E-state index in [9.17, 15) is 0 Å². The van der Waals surface area contributed by atoms with Crippen molar-refractivity contribution in [3.05, 3.63) is 33.8 Å². The van der Waals surface area contributed by atoms with Crippen molar-refractivity contribution in [3.63, 3.8) is 0 Å². The predicted molar refractivity (Wildman–Crippen MR) is 63.3 cm³/mol. The Bertz CT molecular complexity index is 347. The van der Waals surface area contributed by atoms with Crippen molar-refractivity contribution in [1.29, 1.82) is 0 Å². The Morgan fingerprint density at radius 1 is 1.57 bits per heavy atom. The molecule has 14 heavy (non-hydrogen) atoms. The molecule has 0 radical (unpaired) electrons. The van der Waals surface area contributed by atoms with Crippen molar-refractivity contribution >= 4 is 21.8 Å². The highest BCUT2D eigenvalue weighted by Crippen LogP contribution is 2.17. The van der Waals surface area contributed by atoms with Crippen LogP contribution in [0.1, 0.15) is 18.1 Å². The van der Waals surface area contributed by atoms with E-state index in [4.69, 9.17) is 5.84 Å². The molecule has 1 aromatic rings. The van der Waals surface area contributed by atoms with Gasteiger partial charge in [-0.05, 0) is 31.5 Å². The zero-order valence-corrected chi connectivity index (χ0v) is 9.93. The topological polar surface area (TPSA) is 50.4 Å². The van der Waals surface area contributed by atoms with Gasteiger partial charge < -0.3 is 5.43 Å². The van der Waals surface area contributed by atoms with E-state index in [0.29, 0.717) is 6.54 Å². The average Bonchev–Trinajstić information content (AvgIpc) is 2.19. The lowest BCUT2D eigenvalue weighted by Crippen LogP contribution is -2.31. The molecule has 0 aliphatic heterocycles. The van der Waals surface area contributed by atoms with Crippen molar-refractivity contribution < 1.29 is 0 Å². The molecule has 0 aliphatic rings. The van der Waals surface area contributed by atoms with Crippen LogP contribution >= 0.6 is 15.9 Å². The van der Waals surface area contributed by atoms with Gasteiger partial charge in [0.25, 0.3) is 0 Å². The van der Waals surface area contributed by atoms with Crippen LogP contribution in [0.25, 0.3) is 0 Å². The smallest absolute Gasteiger partial charge is 0.142 e. The molecule has 0 aliphatic carbocycles. The first-order valence-electron chi connectivity index (χ1n) is 4.46. The summed E-state index contributed by atoms with van der Waals surface area (Å²) in [6.07, 6.45) is 0. The number of nitrogens with zero attached hydrogens (tertiary/aromatic N) is 1. The quantitative estimate of drug-likeness (QED) is 0.368. The number of hydrazine groups is 1. The summed E-state index contributed by atoms with van der Waals surface area (Å²) in [7, 11) is 0. The standard InChI is InChI=1S/C10H14BrN3/c1-3-13-10(14-12)8-4-5-9(11)7(2)6-8/h4-6H,3,12H2,1-2H3,(H,13,14). The molecule has 0 saturated heterocycles. The van der Waals surface area contributed by atoms with Gasteiger partial charge in [0.15, 0.2) is 0 Å². The maximum absolute atomic E-state index is 5.39. The van der Waals surface area contributed by atoms with E-state index >= 15 is 0 Å². The molecule has 3 nitrogen and oxygen atoms in total. The Labute approximate surface area is 92.5 Å². The maximum Gasteiger partial charge on any atom is 0.142 e. The first-order valence-corrected chi connectivity index (χ1v) is 5.26. The van der Waals surface area contributed by atoms with Crippen molar-refractivity contribution in [2.45, 2.75) is 13.8 Å². The summed E-state index contributed by atoms with van der Waals surface area (Å²) < 4.78 is 1.09. The monoisotopic (exact) mass is 255 g/mol. The Balaban J connectivity index is 3.06. The van der Waals surface area contributed by atoms with Gasteiger partial charge >= 0.3 is 0 Å². The number of benzene rings is 1. The zero-order valence-electron chi connectivity index (χ0n) is 8.34. The molecule has 1 rings (SSSR count). The first-order chi connectivity index (χ1) is 6.69. The van der Waals surface area contributed by atoms with Gasteiger partial charge in [0.05, 0.1) is 0 Å². The summed E-state index contributed by atoms with van der Waals surface area (Å²) in [6, 6.07) is 6.01. The van der Waals surface area contributed by atoms with Crippen molar-refractivity contribution in [3.8, 4) is 0 Å². The third-order valence-electron chi connectivity index (χ3n) is 1.88. The summed E-state index contributed by atoms with van der Waals surface area (Å²) in [4.78, 5) is 4.25. The summed E-state index contributed by atoms with van der Waals surface area (Å²) in [6.45, 7) is 4.73. The number of amidine groups is 1. The van der Waals surface area contributed by atoms with E-state index in [2.05, 4.69) is 26.3 Å². The molecule has 0 amide bonds. The average molecular weight is 256 g/mol. The van der Waals surface area contributed by atoms with Crippen LogP contribution in [0.2, 0.25) is 0 Å². The molecular weight excluding hydrogens is 242 g/mol. The second-order valence-electron chi connectivity index (χ2n) is 2.93. The number of nitrogens with one attached hydrogen (secondary N) is 1. The Morgan fingerprint density at radius 3 is 2.79 bits per heavy atom. The summed E-state index contributed by atoms with van der Waals surface area (Å²) >= 11 is 3.45. The second kappa shape index (κ2) is 5.12. The molecule has 0 unspecified atom stereocenters. The van der Waals surface area contributed by atoms with Gasteiger partial charge in [-0.25, -0.2) is 5.84 Å². The number of rotatable bonds is 2. The van der Waals surface area contributed by atoms with Gasteiger partial charge in [-0.2, -0.15) is 0 Å². The Morgan fingerprint density at radius 2 is 2.29 bits per heavy atom. The highest BCUT2D eigenvalue weighted by molar-refractivity contribution is 9.10. The number of hydrogen-bond donors (Lipinski definition) is 2. The fourth-order valence-electron chi connectivity index (χ4n) is 1.17. The normalized spacial score (nSPS) is 11.6. The van der Waals surface area contributed by atoms with Gasteiger partial charge in [0, 0.05) is 16.6 Å². The number of aliphatic imine (C=N–C) groups is 1. The summed E-state index contributed by atoms with van der Waals surface area (Å²) in [5.41, 5.74) is 4.78. The molecule has 76 valence electrons. The summed E-state index contributed by atoms with van der Waals surface area (Å²) in [5, 5.41) is 0. The van der Waals surface area contributed by atoms with Gasteiger partial charge in [0.1, 0.15) is 5.84 Å². The van der Waals surface area contributed by atoms with E-state index in [-0.39, 0.29) is 0 Å². The van der Waals surface area contributed by atoms with Crippen LogP contribution in [0, 0.1) is 6.92 Å². The molecule has 0 spiro atoms. The van der Waals surface area contributed by atoms with Crippen LogP contribution in [-0.4, -0.2) is 12.4 Å². The molecule has 1 aromatic carbocycles. The Hall–Kier alpha value is -0.870. The lowest BCUT2D eigenvalue weighted by atomic mass is 10.1. The third kappa shape index (κ3) is 2.56. The minimum absolute atomic E-state index is 0.717. The van der Waals surface area contributed by atoms with E-state index in [1.165, 1.54) is 5.56 Å². The fourth-order valence-corrected chi connectivity index (χ4v) is 1.42. The van der Waals surface area contributed by atoms with Crippen LogP contribution in [0.3, 0.4) is 0 Å². The second-order valence-corrected chi connectivity index (χ2v) is 3.79. The molecule has 0 bridgehead atoms. The highest BCUT2D eigenvalue weighted by Gasteiger charge is 2.02. The molecule has 3 N–H and O–H groups in total. The predicted octanol–water partition coefficient (Wildman–Crippen LogP) is 1.99. The number of hydrogen-bond acceptors (Lipinski definition) is 2. The molecule has 0 fully saturated rings. The Kier molecular flexibility index (Phi) is 4.10. The lowest BCUT2D eigenvalue weighted by Gasteiger charge is -2.07. The van der Waals surface area contributed by atoms with E-state index in [1.807, 2.05) is 32.0 Å². The van der Waals surface area contributed by atoms with Crippen molar-refractivity contribution in [2.75, 3.05) is 6.54 Å². The molecule has 0 atom stereocenters. The van der Waals surface area contributed by atoms with Crippen molar-refractivity contribution in [1.82, 2.24) is 5.43 Å². The van der Waals surface area contributed by atoms with Crippen LogP contribution in [-0.2, 0) is 0 Å². The molecule has 0 heterocycles. The number of aryl methyl sites for hydroxylation is 1. The minimum Gasteiger partial charge on any atom is -0.308 e. The third-order valence-corrected chi connectivity index (χ3v) is 2.77. The molecule has 0 aromatic heterocycles. The molecule has 0 saturated carbocycles. The fraction of sp³-hybridized carbons (Fsp3) is 0.300. The van der Waals surface area contributed by atoms with Gasteiger partial charge in [-0.1, -0.05) is 22.0 Å². The van der Waals surface area contributed by atoms with E-state index in [0.717, 1.165) is 15.9 Å². The lowest BCUT2D eigenvalue weighted by molar-refractivity contribution is 0.991. The molecule has 4 heteroatoms.